The molecule has 130 valence electrons. The van der Waals surface area contributed by atoms with Crippen molar-refractivity contribution >= 4 is 12.0 Å². The Bertz CT molecular complexity index is 671. The van der Waals surface area contributed by atoms with Crippen LogP contribution in [0.1, 0.15) is 30.0 Å². The molecule has 1 heterocycles. The van der Waals surface area contributed by atoms with E-state index in [0.717, 1.165) is 11.1 Å². The first-order valence-electron chi connectivity index (χ1n) is 8.53. The Morgan fingerprint density at radius 2 is 1.40 bits per heavy atom. The van der Waals surface area contributed by atoms with E-state index in [0.29, 0.717) is 25.9 Å². The van der Waals surface area contributed by atoms with Crippen LogP contribution < -0.4 is 5.32 Å². The minimum atomic E-state index is -0.772. The predicted molar refractivity (Wildman–Crippen MR) is 95.2 cm³/mol. The summed E-state index contributed by atoms with van der Waals surface area (Å²) in [7, 11) is 0. The lowest BCUT2D eigenvalue weighted by Gasteiger charge is -2.32. The summed E-state index contributed by atoms with van der Waals surface area (Å²) in [6, 6.07) is 19.3. The maximum atomic E-state index is 12.7. The molecule has 0 aromatic heterocycles. The summed E-state index contributed by atoms with van der Waals surface area (Å²) >= 11 is 0. The summed E-state index contributed by atoms with van der Waals surface area (Å²) in [4.78, 5) is 25.5. The van der Waals surface area contributed by atoms with Crippen molar-refractivity contribution in [2.75, 3.05) is 13.1 Å². The molecule has 5 nitrogen and oxygen atoms in total. The normalized spacial score (nSPS) is 15.2. The quantitative estimate of drug-likeness (QED) is 0.899. The lowest BCUT2D eigenvalue weighted by atomic mass is 9.97. The SMILES string of the molecule is O=C(O)C1CCN(C(=O)NC(c2ccccc2)c2ccccc2)CC1. The van der Waals surface area contributed by atoms with Gasteiger partial charge in [0.05, 0.1) is 12.0 Å². The Kier molecular flexibility index (Phi) is 5.33. The van der Waals surface area contributed by atoms with Crippen LogP contribution in [0.3, 0.4) is 0 Å². The van der Waals surface area contributed by atoms with Crippen LogP contribution in [-0.4, -0.2) is 35.1 Å². The van der Waals surface area contributed by atoms with E-state index in [9.17, 15) is 9.59 Å². The molecule has 25 heavy (non-hydrogen) atoms. The van der Waals surface area contributed by atoms with Crippen LogP contribution in [0.5, 0.6) is 0 Å². The van der Waals surface area contributed by atoms with E-state index in [1.165, 1.54) is 0 Å². The molecule has 0 bridgehead atoms. The molecule has 0 saturated carbocycles. The van der Waals surface area contributed by atoms with Crippen LogP contribution in [0.25, 0.3) is 0 Å². The van der Waals surface area contributed by atoms with E-state index < -0.39 is 5.97 Å². The van der Waals surface area contributed by atoms with Crippen LogP contribution in [0.15, 0.2) is 60.7 Å². The Balaban J connectivity index is 1.73. The Hall–Kier alpha value is -2.82. The van der Waals surface area contributed by atoms with Crippen molar-refractivity contribution in [1.29, 1.82) is 0 Å². The highest BCUT2D eigenvalue weighted by Crippen LogP contribution is 2.23. The number of likely N-dealkylation sites (tertiary alicyclic amines) is 1. The molecule has 5 heteroatoms. The minimum absolute atomic E-state index is 0.151. The van der Waals surface area contributed by atoms with Gasteiger partial charge < -0.3 is 15.3 Å². The standard InChI is InChI=1S/C20H22N2O3/c23-19(24)17-11-13-22(14-12-17)20(25)21-18(15-7-3-1-4-8-15)16-9-5-2-6-10-16/h1-10,17-18H,11-14H2,(H,21,25)(H,23,24). The molecule has 1 aliphatic heterocycles. The van der Waals surface area contributed by atoms with Gasteiger partial charge in [0.25, 0.3) is 0 Å². The van der Waals surface area contributed by atoms with E-state index in [1.54, 1.807) is 4.90 Å². The number of piperidine rings is 1. The molecule has 0 atom stereocenters. The molecule has 2 amide bonds. The van der Waals surface area contributed by atoms with E-state index in [4.69, 9.17) is 5.11 Å². The number of aliphatic carboxylic acids is 1. The first kappa shape index (κ1) is 17.0. The van der Waals surface area contributed by atoms with E-state index in [2.05, 4.69) is 5.32 Å². The number of hydrogen-bond acceptors (Lipinski definition) is 2. The van der Waals surface area contributed by atoms with Crippen LogP contribution in [-0.2, 0) is 4.79 Å². The number of carbonyl (C=O) groups is 2. The number of benzene rings is 2. The zero-order valence-corrected chi connectivity index (χ0v) is 14.0. The molecule has 3 rings (SSSR count). The molecule has 1 saturated heterocycles. The van der Waals surface area contributed by atoms with Gasteiger partial charge in [-0.05, 0) is 24.0 Å². The fraction of sp³-hybridized carbons (Fsp3) is 0.300. The second-order valence-corrected chi connectivity index (χ2v) is 6.30. The van der Waals surface area contributed by atoms with Crippen molar-refractivity contribution in [3.8, 4) is 0 Å². The van der Waals surface area contributed by atoms with Crippen molar-refractivity contribution in [2.24, 2.45) is 5.92 Å². The van der Waals surface area contributed by atoms with Gasteiger partial charge in [-0.15, -0.1) is 0 Å². The van der Waals surface area contributed by atoms with Crippen molar-refractivity contribution < 1.29 is 14.7 Å². The van der Waals surface area contributed by atoms with Crippen LogP contribution in [0.2, 0.25) is 0 Å². The lowest BCUT2D eigenvalue weighted by Crippen LogP contribution is -2.46. The van der Waals surface area contributed by atoms with Gasteiger partial charge in [0.15, 0.2) is 0 Å². The van der Waals surface area contributed by atoms with Crippen LogP contribution >= 0.6 is 0 Å². The van der Waals surface area contributed by atoms with Gasteiger partial charge in [0, 0.05) is 13.1 Å². The maximum Gasteiger partial charge on any atom is 0.318 e. The third-order valence-corrected chi connectivity index (χ3v) is 4.67. The largest absolute Gasteiger partial charge is 0.481 e. The number of carbonyl (C=O) groups excluding carboxylic acids is 1. The maximum absolute atomic E-state index is 12.7. The fourth-order valence-corrected chi connectivity index (χ4v) is 3.19. The fourth-order valence-electron chi connectivity index (χ4n) is 3.19. The Morgan fingerprint density at radius 3 is 1.84 bits per heavy atom. The molecular weight excluding hydrogens is 316 g/mol. The summed E-state index contributed by atoms with van der Waals surface area (Å²) < 4.78 is 0. The molecule has 1 aliphatic rings. The average molecular weight is 338 g/mol. The van der Waals surface area contributed by atoms with Crippen molar-refractivity contribution in [3.05, 3.63) is 71.8 Å². The monoisotopic (exact) mass is 338 g/mol. The number of hydrogen-bond donors (Lipinski definition) is 2. The number of nitrogens with one attached hydrogen (secondary N) is 1. The topological polar surface area (TPSA) is 69.6 Å². The smallest absolute Gasteiger partial charge is 0.318 e. The molecule has 1 fully saturated rings. The molecule has 2 N–H and O–H groups in total. The summed E-state index contributed by atoms with van der Waals surface area (Å²) in [5, 5.41) is 12.2. The van der Waals surface area contributed by atoms with Gasteiger partial charge in [-0.1, -0.05) is 60.7 Å². The third-order valence-electron chi connectivity index (χ3n) is 4.67. The number of urea groups is 1. The van der Waals surface area contributed by atoms with Crippen molar-refractivity contribution in [1.82, 2.24) is 10.2 Å². The van der Waals surface area contributed by atoms with Crippen LogP contribution in [0.4, 0.5) is 4.79 Å². The second kappa shape index (κ2) is 7.83. The minimum Gasteiger partial charge on any atom is -0.481 e. The molecule has 2 aromatic carbocycles. The Morgan fingerprint density at radius 1 is 0.920 bits per heavy atom. The summed E-state index contributed by atoms with van der Waals surface area (Å²) in [6.07, 6.45) is 1.01. The van der Waals surface area contributed by atoms with E-state index >= 15 is 0 Å². The van der Waals surface area contributed by atoms with Gasteiger partial charge in [-0.25, -0.2) is 4.79 Å². The predicted octanol–water partition coefficient (Wildman–Crippen LogP) is 3.28. The van der Waals surface area contributed by atoms with Gasteiger partial charge in [-0.2, -0.15) is 0 Å². The van der Waals surface area contributed by atoms with E-state index in [1.807, 2.05) is 60.7 Å². The Labute approximate surface area is 147 Å². The number of carboxylic acid groups (broad SMARTS) is 1. The second-order valence-electron chi connectivity index (χ2n) is 6.30. The molecule has 0 unspecified atom stereocenters. The summed E-state index contributed by atoms with van der Waals surface area (Å²) in [5.74, 6) is -1.12. The summed E-state index contributed by atoms with van der Waals surface area (Å²) in [5.41, 5.74) is 2.03. The van der Waals surface area contributed by atoms with Crippen molar-refractivity contribution in [3.63, 3.8) is 0 Å². The molecule has 0 spiro atoms. The van der Waals surface area contributed by atoms with Gasteiger partial charge in [0.1, 0.15) is 0 Å². The van der Waals surface area contributed by atoms with E-state index in [-0.39, 0.29) is 18.0 Å². The van der Waals surface area contributed by atoms with Crippen molar-refractivity contribution in [2.45, 2.75) is 18.9 Å². The highest BCUT2D eigenvalue weighted by Gasteiger charge is 2.28. The third kappa shape index (κ3) is 4.18. The lowest BCUT2D eigenvalue weighted by molar-refractivity contribution is -0.143. The zero-order valence-electron chi connectivity index (χ0n) is 14.0. The number of amides is 2. The summed E-state index contributed by atoms with van der Waals surface area (Å²) in [6.45, 7) is 0.943. The average Bonchev–Trinajstić information content (AvgIpc) is 2.67. The number of nitrogens with zero attached hydrogens (tertiary/aromatic N) is 1. The number of rotatable bonds is 4. The molecule has 0 radical (unpaired) electrons. The highest BCUT2D eigenvalue weighted by atomic mass is 16.4. The molecule has 0 aliphatic carbocycles. The molecule has 2 aromatic rings. The van der Waals surface area contributed by atoms with Gasteiger partial charge in [0.2, 0.25) is 0 Å². The molecular formula is C20H22N2O3. The number of carboxylic acids is 1. The zero-order chi connectivity index (χ0) is 17.6. The highest BCUT2D eigenvalue weighted by molar-refractivity contribution is 5.76. The van der Waals surface area contributed by atoms with Gasteiger partial charge in [-0.3, -0.25) is 4.79 Å². The first-order valence-corrected chi connectivity index (χ1v) is 8.53. The van der Waals surface area contributed by atoms with Gasteiger partial charge >= 0.3 is 12.0 Å². The van der Waals surface area contributed by atoms with Crippen LogP contribution in [0, 0.1) is 5.92 Å². The first-order chi connectivity index (χ1) is 12.1.